The molecule has 0 saturated heterocycles. The van der Waals surface area contributed by atoms with Crippen LogP contribution >= 0.6 is 0 Å². The Kier molecular flexibility index (Phi) is 6.87. The van der Waals surface area contributed by atoms with Gasteiger partial charge in [-0.2, -0.15) is 0 Å². The van der Waals surface area contributed by atoms with E-state index in [9.17, 15) is 14.4 Å². The van der Waals surface area contributed by atoms with Crippen molar-refractivity contribution in [1.82, 2.24) is 5.32 Å². The van der Waals surface area contributed by atoms with E-state index in [-0.39, 0.29) is 5.41 Å². The third-order valence-corrected chi connectivity index (χ3v) is 4.03. The van der Waals surface area contributed by atoms with Crippen molar-refractivity contribution in [2.45, 2.75) is 52.6 Å². The highest BCUT2D eigenvalue weighted by Gasteiger charge is 2.17. The molecule has 0 aliphatic carbocycles. The molecule has 0 aliphatic rings. The molecule has 0 unspecified atom stereocenters. The third-order valence-electron chi connectivity index (χ3n) is 4.03. The molecule has 7 nitrogen and oxygen atoms in total. The van der Waals surface area contributed by atoms with E-state index in [1.165, 1.54) is 0 Å². The van der Waals surface area contributed by atoms with Crippen molar-refractivity contribution in [2.75, 3.05) is 10.6 Å². The number of rotatable bonds is 3. The van der Waals surface area contributed by atoms with Crippen LogP contribution in [0.3, 0.4) is 0 Å². The predicted octanol–water partition coefficient (Wildman–Crippen LogP) is 5.29. The summed E-state index contributed by atoms with van der Waals surface area (Å²) in [4.78, 5) is 36.1. The highest BCUT2D eigenvalue weighted by atomic mass is 16.6. The number of carbonyl (C=O) groups excluding carboxylic acids is 3. The highest BCUT2D eigenvalue weighted by Crippen LogP contribution is 2.22. The second-order valence-electron chi connectivity index (χ2n) is 8.94. The second kappa shape index (κ2) is 8.98. The molecule has 7 heteroatoms. The van der Waals surface area contributed by atoms with Crippen LogP contribution in [0.25, 0.3) is 0 Å². The van der Waals surface area contributed by atoms with Gasteiger partial charge in [0, 0.05) is 16.9 Å². The van der Waals surface area contributed by atoms with Crippen LogP contribution in [0.15, 0.2) is 48.5 Å². The van der Waals surface area contributed by atoms with Crippen LogP contribution in [0.5, 0.6) is 0 Å². The van der Waals surface area contributed by atoms with Gasteiger partial charge in [0.15, 0.2) is 0 Å². The molecule has 0 fully saturated rings. The van der Waals surface area contributed by atoms with Crippen molar-refractivity contribution in [2.24, 2.45) is 0 Å². The SMILES string of the molecule is CC(C)(C)OC(=O)Nc1ccc(NC(=O)NC(=O)c2ccc(C(C)(C)C)cc2)cc1. The number of carbonyl (C=O) groups is 3. The van der Waals surface area contributed by atoms with Gasteiger partial charge in [0.05, 0.1) is 0 Å². The van der Waals surface area contributed by atoms with Gasteiger partial charge < -0.3 is 10.1 Å². The standard InChI is InChI=1S/C23H29N3O4/c1-22(2,3)16-9-7-15(8-10-16)19(27)26-20(28)24-17-11-13-18(14-12-17)25-21(29)30-23(4,5)6/h7-14H,1-6H3,(H,25,29)(H2,24,26,27,28). The van der Waals surface area contributed by atoms with Gasteiger partial charge in [0.2, 0.25) is 0 Å². The Labute approximate surface area is 177 Å². The zero-order chi connectivity index (χ0) is 22.5. The van der Waals surface area contributed by atoms with Crippen LogP contribution in [-0.2, 0) is 10.2 Å². The van der Waals surface area contributed by atoms with Gasteiger partial charge in [0.25, 0.3) is 5.91 Å². The van der Waals surface area contributed by atoms with Gasteiger partial charge in [-0.05, 0) is 68.1 Å². The number of benzene rings is 2. The maximum atomic E-state index is 12.3. The molecule has 2 rings (SSSR count). The lowest BCUT2D eigenvalue weighted by molar-refractivity contribution is 0.0635. The summed E-state index contributed by atoms with van der Waals surface area (Å²) in [5, 5.41) is 7.48. The van der Waals surface area contributed by atoms with Gasteiger partial charge in [-0.25, -0.2) is 9.59 Å². The Morgan fingerprint density at radius 3 is 1.70 bits per heavy atom. The number of hydrogen-bond acceptors (Lipinski definition) is 4. The quantitative estimate of drug-likeness (QED) is 0.639. The van der Waals surface area contributed by atoms with Crippen LogP contribution < -0.4 is 16.0 Å². The van der Waals surface area contributed by atoms with Gasteiger partial charge in [-0.3, -0.25) is 15.4 Å². The second-order valence-corrected chi connectivity index (χ2v) is 8.94. The molecule has 0 aliphatic heterocycles. The number of imide groups is 1. The van der Waals surface area contributed by atoms with Gasteiger partial charge >= 0.3 is 12.1 Å². The number of amides is 4. The van der Waals surface area contributed by atoms with Crippen molar-refractivity contribution in [3.8, 4) is 0 Å². The zero-order valence-electron chi connectivity index (χ0n) is 18.3. The molecule has 0 aromatic heterocycles. The van der Waals surface area contributed by atoms with E-state index < -0.39 is 23.6 Å². The van der Waals surface area contributed by atoms with E-state index in [2.05, 4.69) is 36.7 Å². The lowest BCUT2D eigenvalue weighted by atomic mass is 9.87. The smallest absolute Gasteiger partial charge is 0.412 e. The fraction of sp³-hybridized carbons (Fsp3) is 0.348. The van der Waals surface area contributed by atoms with Crippen LogP contribution in [0.1, 0.15) is 57.5 Å². The minimum absolute atomic E-state index is 0.0170. The Morgan fingerprint density at radius 2 is 1.23 bits per heavy atom. The first-order valence-corrected chi connectivity index (χ1v) is 9.66. The lowest BCUT2D eigenvalue weighted by Gasteiger charge is -2.19. The van der Waals surface area contributed by atoms with E-state index >= 15 is 0 Å². The maximum Gasteiger partial charge on any atom is 0.412 e. The molecular weight excluding hydrogens is 382 g/mol. The van der Waals surface area contributed by atoms with E-state index in [4.69, 9.17) is 4.74 Å². The first kappa shape index (κ1) is 22.9. The topological polar surface area (TPSA) is 96.5 Å². The van der Waals surface area contributed by atoms with Crippen LogP contribution in [0.4, 0.5) is 21.0 Å². The molecule has 2 aromatic rings. The Balaban J connectivity index is 1.90. The predicted molar refractivity (Wildman–Crippen MR) is 118 cm³/mol. The molecule has 0 bridgehead atoms. The van der Waals surface area contributed by atoms with E-state index in [0.717, 1.165) is 5.56 Å². The minimum Gasteiger partial charge on any atom is -0.444 e. The van der Waals surface area contributed by atoms with Gasteiger partial charge in [-0.1, -0.05) is 32.9 Å². The molecule has 0 radical (unpaired) electrons. The molecule has 4 amide bonds. The Hall–Kier alpha value is -3.35. The summed E-state index contributed by atoms with van der Waals surface area (Å²) in [6.07, 6.45) is -0.566. The fourth-order valence-electron chi connectivity index (χ4n) is 2.52. The van der Waals surface area contributed by atoms with Crippen molar-refractivity contribution in [3.05, 3.63) is 59.7 Å². The molecular formula is C23H29N3O4. The lowest BCUT2D eigenvalue weighted by Crippen LogP contribution is -2.34. The summed E-state index contributed by atoms with van der Waals surface area (Å²) in [6.45, 7) is 11.6. The fourth-order valence-corrected chi connectivity index (χ4v) is 2.52. The average molecular weight is 412 g/mol. The summed E-state index contributed by atoms with van der Waals surface area (Å²) in [7, 11) is 0. The van der Waals surface area contributed by atoms with Crippen LogP contribution in [-0.4, -0.2) is 23.6 Å². The number of hydrogen-bond donors (Lipinski definition) is 3. The average Bonchev–Trinajstić information content (AvgIpc) is 2.61. The molecule has 0 heterocycles. The van der Waals surface area contributed by atoms with Crippen molar-refractivity contribution in [1.29, 1.82) is 0 Å². The van der Waals surface area contributed by atoms with E-state index in [1.807, 2.05) is 12.1 Å². The van der Waals surface area contributed by atoms with Crippen LogP contribution in [0.2, 0.25) is 0 Å². The van der Waals surface area contributed by atoms with Crippen molar-refractivity contribution >= 4 is 29.4 Å². The number of nitrogens with one attached hydrogen (secondary N) is 3. The van der Waals surface area contributed by atoms with Crippen LogP contribution in [0, 0.1) is 0 Å². The molecule has 0 atom stereocenters. The molecule has 2 aromatic carbocycles. The summed E-state index contributed by atoms with van der Waals surface area (Å²) >= 11 is 0. The molecule has 160 valence electrons. The molecule has 30 heavy (non-hydrogen) atoms. The summed E-state index contributed by atoms with van der Waals surface area (Å²) in [5.74, 6) is -0.490. The minimum atomic E-state index is -0.646. The Morgan fingerprint density at radius 1 is 0.733 bits per heavy atom. The molecule has 3 N–H and O–H groups in total. The monoisotopic (exact) mass is 411 g/mol. The highest BCUT2D eigenvalue weighted by molar-refractivity contribution is 6.08. The van der Waals surface area contributed by atoms with Gasteiger partial charge in [0.1, 0.15) is 5.60 Å². The summed E-state index contributed by atoms with van der Waals surface area (Å²) in [6, 6.07) is 12.9. The van der Waals surface area contributed by atoms with Crippen molar-refractivity contribution < 1.29 is 19.1 Å². The maximum absolute atomic E-state index is 12.3. The summed E-state index contributed by atoms with van der Waals surface area (Å²) in [5.41, 5.74) is 1.88. The largest absolute Gasteiger partial charge is 0.444 e. The number of anilines is 2. The third kappa shape index (κ3) is 7.24. The summed E-state index contributed by atoms with van der Waals surface area (Å²) < 4.78 is 5.18. The van der Waals surface area contributed by atoms with Gasteiger partial charge in [-0.15, -0.1) is 0 Å². The normalized spacial score (nSPS) is 11.4. The molecule has 0 spiro atoms. The zero-order valence-corrected chi connectivity index (χ0v) is 18.3. The van der Waals surface area contributed by atoms with E-state index in [1.54, 1.807) is 57.2 Å². The number of ether oxygens (including phenoxy) is 1. The first-order chi connectivity index (χ1) is 13.8. The first-order valence-electron chi connectivity index (χ1n) is 9.66. The number of urea groups is 1. The van der Waals surface area contributed by atoms with Crippen molar-refractivity contribution in [3.63, 3.8) is 0 Å². The molecule has 0 saturated carbocycles. The van der Waals surface area contributed by atoms with E-state index in [0.29, 0.717) is 16.9 Å². The Bertz CT molecular complexity index is 905.